The van der Waals surface area contributed by atoms with Crippen molar-refractivity contribution < 1.29 is 142 Å². The number of halogens is 3. The molecule has 0 aromatic heterocycles. The molecule has 6 aliphatic rings. The maximum Gasteiger partial charge on any atom is 1.00 e. The van der Waals surface area contributed by atoms with E-state index in [-0.39, 0.29) is 44.0 Å². The Morgan fingerprint density at radius 3 is 1.31 bits per heavy atom. The molecule has 33 heteroatoms. The van der Waals surface area contributed by atoms with E-state index in [0.29, 0.717) is 80.5 Å². The van der Waals surface area contributed by atoms with Crippen LogP contribution in [-0.2, 0) is 76.4 Å². The van der Waals surface area contributed by atoms with Gasteiger partial charge in [0.25, 0.3) is 0 Å². The molecule has 0 bridgehead atoms. The van der Waals surface area contributed by atoms with Gasteiger partial charge in [0.2, 0.25) is 18.3 Å². The number of rotatable bonds is 17. The summed E-state index contributed by atoms with van der Waals surface area (Å²) >= 11 is 19.4. The van der Waals surface area contributed by atoms with Crippen molar-refractivity contribution in [1.29, 1.82) is 5.26 Å². The van der Waals surface area contributed by atoms with Crippen molar-refractivity contribution in [3.8, 4) is 23.3 Å². The first-order valence-electron chi connectivity index (χ1n) is 33.6. The second kappa shape index (κ2) is 37.9. The van der Waals surface area contributed by atoms with Gasteiger partial charge in [0, 0.05) is 41.8 Å². The first-order chi connectivity index (χ1) is 50.1. The normalized spacial score (nSPS) is 27.2. The number of carboxylic acids is 1. The molecule has 107 heavy (non-hydrogen) atoms. The van der Waals surface area contributed by atoms with Crippen molar-refractivity contribution in [2.24, 2.45) is 5.92 Å². The number of carboxylic acid groups (broad SMARTS) is 1. The van der Waals surface area contributed by atoms with Gasteiger partial charge in [-0.15, -0.1) is 0 Å². The van der Waals surface area contributed by atoms with Crippen molar-refractivity contribution >= 4 is 81.7 Å². The number of esters is 4. The fourth-order valence-electron chi connectivity index (χ4n) is 13.0. The van der Waals surface area contributed by atoms with E-state index in [1.807, 2.05) is 48.5 Å². The summed E-state index contributed by atoms with van der Waals surface area (Å²) in [5.74, 6) is -1.90. The molecule has 6 aliphatic heterocycles. The van der Waals surface area contributed by atoms with Crippen molar-refractivity contribution in [3.05, 3.63) is 174 Å². The van der Waals surface area contributed by atoms with Crippen molar-refractivity contribution in [2.75, 3.05) is 62.5 Å². The van der Waals surface area contributed by atoms with Crippen LogP contribution in [0.1, 0.15) is 96.1 Å². The number of hydrogen-bond acceptors (Lipinski definition) is 28. The van der Waals surface area contributed by atoms with Crippen LogP contribution in [0.25, 0.3) is 0 Å². The summed E-state index contributed by atoms with van der Waals surface area (Å²) in [5.41, 5.74) is 9.02. The van der Waals surface area contributed by atoms with Crippen LogP contribution < -0.4 is 49.0 Å². The van der Waals surface area contributed by atoms with E-state index >= 15 is 0 Å². The minimum atomic E-state index is -1.47. The number of nitriles is 1. The van der Waals surface area contributed by atoms with Gasteiger partial charge in [-0.1, -0.05) is 96.3 Å². The summed E-state index contributed by atoms with van der Waals surface area (Å²) in [6.07, 6.45) is -16.5. The molecule has 29 nitrogen and oxygen atoms in total. The maximum atomic E-state index is 12.1. The van der Waals surface area contributed by atoms with Gasteiger partial charge in [-0.2, -0.15) is 5.26 Å². The standard InChI is InChI=1S/C29H31ClN2O8.C23H26ClNO8.C22H24ClNO8.Li.H2O/c1-15-26(14-36-16(2)33)40-28(29(38-18(4)35)27(15)37-17(3)34)20-6-7-23(30)21(11-20)9-19-5-8-25-24(10-19)32-13-22(12-31)39-25;1-31-23(30)17-9-25-15-7-11(2-5-16(15)32-17)6-13-8-12(3-4-14(13)24)22-21(29)20(28)19(27)18(10-26)33-22;23-13-3-2-11(21-20(28)19(27)18(26)17(9-25)32-21)7-12(13)5-10-1-4-15-14(6-10)24-8-16(31-15)22(29)30;;/h5-8,10-11,15,22,26-29,32H,9,13-14H2,1-4H3;2-5,7-8,17-22,25-29H,6,9-10H2,1H3;1-4,6-7,16-21,24-28H,5,8-9H2,(H,29,30);;1H2/q;;;+1;/p-1/t15?,22?,26-,27+,28+,29?;17?,18-,19-,20+,21-,22+;16?,17-,18-,19+,20-,21+;;/m111../s1. The zero-order chi connectivity index (χ0) is 75.7. The zero-order valence-electron chi connectivity index (χ0n) is 58.8. The second-order valence-electron chi connectivity index (χ2n) is 25.9. The monoisotopic (exact) mass is 1540 g/mol. The Morgan fingerprint density at radius 1 is 0.514 bits per heavy atom. The molecule has 5 unspecified atom stereocenters. The van der Waals surface area contributed by atoms with Crippen LogP contribution in [0.3, 0.4) is 0 Å². The van der Waals surface area contributed by atoms with E-state index in [9.17, 15) is 64.8 Å². The molecule has 6 heterocycles. The molecule has 0 amide bonds. The SMILES string of the molecule is CC(=O)OC[C@H]1O[C@@H](c2ccc(Cl)c(Cc3ccc4c(c3)NCC(C#N)O4)c2)C(OC(C)=O)[C@@H](OC(C)=O)C1C.COC(=O)C1CNc2cc(Cc3cc([C@@H]4O[C@H](CO)[C@@H](O)[C@H](O)[C@H]4O)ccc3Cl)ccc2O1.O=C(O)C1CNc2cc(Cc3cc([C@@H]4O[C@H](CO)[C@@H](O)[C@H](O)[C@H]4O)ccc3Cl)ccc2O1.[Li+].[OH-]. The molecule has 18 atom stereocenters. The number of carbonyl (C=O) groups excluding carboxylic acids is 4. The number of anilines is 3. The molecular weight excluding hydrogens is 1460 g/mol. The zero-order valence-corrected chi connectivity index (χ0v) is 61.1. The van der Waals surface area contributed by atoms with E-state index in [4.69, 9.17) is 92.5 Å². The fraction of sp³-hybridized carbons (Fsp3) is 0.432. The Bertz CT molecular complexity index is 4170. The number of ether oxygens (including phenoxy) is 10. The van der Waals surface area contributed by atoms with E-state index in [1.54, 1.807) is 67.6 Å². The van der Waals surface area contributed by atoms with E-state index in [0.717, 1.165) is 44.8 Å². The summed E-state index contributed by atoms with van der Waals surface area (Å²) in [4.78, 5) is 58.5. The van der Waals surface area contributed by atoms with Gasteiger partial charge in [-0.3, -0.25) is 14.4 Å². The number of fused-ring (bicyclic) bond motifs is 3. The minimum Gasteiger partial charge on any atom is -0.870 e. The van der Waals surface area contributed by atoms with Gasteiger partial charge in [0.05, 0.1) is 63.1 Å². The fourth-order valence-corrected chi connectivity index (χ4v) is 13.6. The third kappa shape index (κ3) is 20.5. The Kier molecular flexibility index (Phi) is 29.9. The molecule has 0 saturated carbocycles. The van der Waals surface area contributed by atoms with Crippen LogP contribution in [0.15, 0.2) is 109 Å². The number of hydrogen-bond donors (Lipinski definition) is 12. The first kappa shape index (κ1) is 84.6. The number of aliphatic hydroxyl groups excluding tert-OH is 8. The van der Waals surface area contributed by atoms with Gasteiger partial charge in [0.1, 0.15) is 103 Å². The van der Waals surface area contributed by atoms with Crippen LogP contribution in [0.2, 0.25) is 15.1 Å². The van der Waals surface area contributed by atoms with Crippen molar-refractivity contribution in [1.82, 2.24) is 0 Å². The van der Waals surface area contributed by atoms with Crippen LogP contribution >= 0.6 is 34.8 Å². The molecule has 6 aromatic carbocycles. The maximum absolute atomic E-state index is 12.1. The summed E-state index contributed by atoms with van der Waals surface area (Å²) in [6.45, 7) is 5.40. The quantitative estimate of drug-likeness (QED) is 0.0354. The summed E-state index contributed by atoms with van der Waals surface area (Å²) in [5, 5.41) is 109. The van der Waals surface area contributed by atoms with Gasteiger partial charge in [-0.25, -0.2) is 9.59 Å². The molecule has 0 radical (unpaired) electrons. The number of aliphatic hydroxyl groups is 8. The summed E-state index contributed by atoms with van der Waals surface area (Å²) < 4.78 is 55.7. The predicted octanol–water partition coefficient (Wildman–Crippen LogP) is 2.45. The number of aliphatic carboxylic acids is 1. The van der Waals surface area contributed by atoms with Crippen LogP contribution in [0, 0.1) is 17.2 Å². The van der Waals surface area contributed by atoms with Crippen LogP contribution in [0.4, 0.5) is 17.1 Å². The number of nitrogens with zero attached hydrogens (tertiary/aromatic N) is 1. The molecule has 3 saturated heterocycles. The molecule has 13 N–H and O–H groups in total. The van der Waals surface area contributed by atoms with Crippen LogP contribution in [-0.4, -0.2) is 213 Å². The third-order valence-electron chi connectivity index (χ3n) is 18.5. The Hall–Kier alpha value is -8.05. The van der Waals surface area contributed by atoms with Gasteiger partial charge >= 0.3 is 48.7 Å². The second-order valence-corrected chi connectivity index (χ2v) is 27.2. The molecule has 6 aromatic rings. The molecular formula is C74H82Cl3LiN4O25. The minimum absolute atomic E-state index is 0. The molecule has 0 aliphatic carbocycles. The topological polar surface area (TPSA) is 450 Å². The van der Waals surface area contributed by atoms with E-state index < -0.39 is 153 Å². The van der Waals surface area contributed by atoms with Gasteiger partial charge in [0.15, 0.2) is 6.10 Å². The number of nitrogens with one attached hydrogen (secondary N) is 3. The number of benzene rings is 6. The average molecular weight is 1540 g/mol. The molecule has 570 valence electrons. The first-order valence-corrected chi connectivity index (χ1v) is 34.7. The van der Waals surface area contributed by atoms with Gasteiger partial charge < -0.3 is 115 Å². The number of methoxy groups -OCH3 is 1. The average Bonchev–Trinajstić information content (AvgIpc) is 0.779. The summed E-state index contributed by atoms with van der Waals surface area (Å²) in [7, 11) is 1.31. The largest absolute Gasteiger partial charge is 1.00 e. The molecule has 3 fully saturated rings. The smallest absolute Gasteiger partial charge is 0.870 e. The van der Waals surface area contributed by atoms with E-state index in [1.165, 1.54) is 27.9 Å². The predicted molar refractivity (Wildman–Crippen MR) is 378 cm³/mol. The van der Waals surface area contributed by atoms with Gasteiger partial charge in [-0.05, 0) is 124 Å². The van der Waals surface area contributed by atoms with Crippen molar-refractivity contribution in [2.45, 2.75) is 151 Å². The summed E-state index contributed by atoms with van der Waals surface area (Å²) in [6, 6.07) is 34.2. The van der Waals surface area contributed by atoms with Crippen LogP contribution in [0.5, 0.6) is 17.2 Å². The molecule has 12 rings (SSSR count). The van der Waals surface area contributed by atoms with Crippen molar-refractivity contribution in [3.63, 3.8) is 0 Å². The Labute approximate surface area is 641 Å². The number of carbonyl (C=O) groups is 5. The third-order valence-corrected chi connectivity index (χ3v) is 19.6. The molecule has 0 spiro atoms. The Balaban J connectivity index is 0.000000202. The van der Waals surface area contributed by atoms with E-state index in [2.05, 4.69) is 22.0 Å². The Morgan fingerprint density at radius 2 is 0.907 bits per heavy atom.